The quantitative estimate of drug-likeness (QED) is 0.162. The Bertz CT molecular complexity index is 1430. The van der Waals surface area contributed by atoms with Crippen LogP contribution in [0.4, 0.5) is 0 Å². The number of ether oxygens (including phenoxy) is 4. The van der Waals surface area contributed by atoms with E-state index >= 15 is 0 Å². The zero-order chi connectivity index (χ0) is 28.4. The van der Waals surface area contributed by atoms with Gasteiger partial charge in [0, 0.05) is 17.7 Å². The smallest absolute Gasteiger partial charge is 0.317 e. The van der Waals surface area contributed by atoms with Gasteiger partial charge in [-0.1, -0.05) is 0 Å². The van der Waals surface area contributed by atoms with Crippen LogP contribution in [0.15, 0.2) is 45.6 Å². The second-order valence-corrected chi connectivity index (χ2v) is 8.54. The topological polar surface area (TPSA) is 223 Å². The number of rotatable bonds is 8. The number of carboxylic acids is 1. The number of benzene rings is 2. The predicted molar refractivity (Wildman–Crippen MR) is 128 cm³/mol. The number of carbonyl (C=O) groups is 2. The van der Waals surface area contributed by atoms with Crippen molar-refractivity contribution in [3.05, 3.63) is 46.6 Å². The van der Waals surface area contributed by atoms with E-state index in [-0.39, 0.29) is 28.0 Å². The van der Waals surface area contributed by atoms with Gasteiger partial charge in [0.2, 0.25) is 17.5 Å². The first kappa shape index (κ1) is 27.7. The van der Waals surface area contributed by atoms with Crippen LogP contribution in [0, 0.1) is 0 Å². The van der Waals surface area contributed by atoms with Crippen molar-refractivity contribution in [1.82, 2.24) is 0 Å². The third-order valence-corrected chi connectivity index (χ3v) is 5.88. The molecule has 2 heterocycles. The summed E-state index contributed by atoms with van der Waals surface area (Å²) in [5.74, 6) is -3.92. The molecular formula is C25H24O14. The molecule has 6 N–H and O–H groups in total. The van der Waals surface area contributed by atoms with Gasteiger partial charge < -0.3 is 54.0 Å². The Labute approximate surface area is 218 Å². The van der Waals surface area contributed by atoms with Crippen LogP contribution < -0.4 is 14.9 Å². The molecule has 0 amide bonds. The van der Waals surface area contributed by atoms with E-state index in [1.807, 2.05) is 0 Å². The Hall–Kier alpha value is -4.37. The fourth-order valence-electron chi connectivity index (χ4n) is 3.93. The molecule has 0 bridgehead atoms. The Morgan fingerprint density at radius 3 is 2.33 bits per heavy atom. The molecule has 1 fully saturated rings. The van der Waals surface area contributed by atoms with Crippen LogP contribution in [0.25, 0.3) is 22.3 Å². The van der Waals surface area contributed by atoms with Gasteiger partial charge in [-0.25, -0.2) is 0 Å². The van der Waals surface area contributed by atoms with Crippen LogP contribution in [0.2, 0.25) is 0 Å². The standard InChI is InChI=1S/C25H24O14/c1-35-12-4-2-10(3-5-12)23-24(20(32)18-13(27)6-11(26)7-14(18)37-23)39-25-22(34)21(33)19(31)15(38-25)9-36-17(30)8-16(28)29/h2-7,15,19,21-22,25-27,31,33-34H,8-9H2,1H3,(H,28,29)/t15-,19-,21+,22-,25+/m1/s1. The molecule has 0 aliphatic carbocycles. The Morgan fingerprint density at radius 1 is 1.00 bits per heavy atom. The van der Waals surface area contributed by atoms with Crippen molar-refractivity contribution in [2.24, 2.45) is 0 Å². The number of phenolic OH excluding ortho intramolecular Hbond substituents is 2. The van der Waals surface area contributed by atoms with Crippen LogP contribution >= 0.6 is 0 Å². The Morgan fingerprint density at radius 2 is 1.69 bits per heavy atom. The number of fused-ring (bicyclic) bond motifs is 1. The number of methoxy groups -OCH3 is 1. The lowest BCUT2D eigenvalue weighted by Gasteiger charge is -2.39. The molecule has 14 heteroatoms. The molecule has 0 unspecified atom stereocenters. The van der Waals surface area contributed by atoms with E-state index in [4.69, 9.17) is 28.5 Å². The summed E-state index contributed by atoms with van der Waals surface area (Å²) in [5.41, 5.74) is -0.850. The number of carbonyl (C=O) groups excluding carboxylic acids is 1. The normalized spacial score (nSPS) is 22.8. The maximum Gasteiger partial charge on any atom is 0.317 e. The molecule has 3 aromatic rings. The van der Waals surface area contributed by atoms with Gasteiger partial charge in [0.25, 0.3) is 0 Å². The van der Waals surface area contributed by atoms with E-state index in [1.165, 1.54) is 19.2 Å². The minimum Gasteiger partial charge on any atom is -0.508 e. The number of hydrogen-bond acceptors (Lipinski definition) is 13. The highest BCUT2D eigenvalue weighted by atomic mass is 16.7. The van der Waals surface area contributed by atoms with Crippen molar-refractivity contribution < 1.29 is 63.6 Å². The van der Waals surface area contributed by atoms with Crippen molar-refractivity contribution in [1.29, 1.82) is 0 Å². The zero-order valence-electron chi connectivity index (χ0n) is 20.2. The zero-order valence-corrected chi connectivity index (χ0v) is 20.2. The number of aromatic hydroxyl groups is 2. The van der Waals surface area contributed by atoms with Gasteiger partial charge in [0.15, 0.2) is 5.76 Å². The van der Waals surface area contributed by atoms with Gasteiger partial charge in [-0.3, -0.25) is 14.4 Å². The molecule has 4 rings (SSSR count). The minimum absolute atomic E-state index is 0.195. The summed E-state index contributed by atoms with van der Waals surface area (Å²) >= 11 is 0. The summed E-state index contributed by atoms with van der Waals surface area (Å²) < 4.78 is 26.8. The molecule has 5 atom stereocenters. The van der Waals surface area contributed by atoms with Gasteiger partial charge in [0.05, 0.1) is 7.11 Å². The lowest BCUT2D eigenvalue weighted by Crippen LogP contribution is -2.60. The third kappa shape index (κ3) is 5.73. The van der Waals surface area contributed by atoms with E-state index in [9.17, 15) is 39.9 Å². The van der Waals surface area contributed by atoms with Crippen LogP contribution in [-0.2, 0) is 19.1 Å². The van der Waals surface area contributed by atoms with E-state index < -0.39 is 72.6 Å². The first-order chi connectivity index (χ1) is 18.5. The van der Waals surface area contributed by atoms with Crippen molar-refractivity contribution in [2.45, 2.75) is 37.1 Å². The SMILES string of the molecule is COc1ccc(-c2oc3cc(O)cc(O)c3c(=O)c2O[C@@H]2O[C@H](COC(=O)CC(=O)O)[C@@H](O)[C@H](O)[C@H]2O)cc1. The highest BCUT2D eigenvalue weighted by Gasteiger charge is 2.46. The molecule has 0 saturated carbocycles. The summed E-state index contributed by atoms with van der Waals surface area (Å²) in [4.78, 5) is 35.8. The summed E-state index contributed by atoms with van der Waals surface area (Å²) in [5, 5.41) is 59.7. The number of hydrogen-bond donors (Lipinski definition) is 6. The number of carboxylic acid groups (broad SMARTS) is 1. The number of aliphatic hydroxyl groups is 3. The van der Waals surface area contributed by atoms with Crippen molar-refractivity contribution in [3.8, 4) is 34.3 Å². The molecule has 39 heavy (non-hydrogen) atoms. The van der Waals surface area contributed by atoms with E-state index in [2.05, 4.69) is 0 Å². The molecule has 0 radical (unpaired) electrons. The molecule has 2 aromatic carbocycles. The van der Waals surface area contributed by atoms with Crippen LogP contribution in [-0.4, -0.2) is 87.0 Å². The molecule has 1 aromatic heterocycles. The molecule has 208 valence electrons. The largest absolute Gasteiger partial charge is 0.508 e. The Kier molecular flexibility index (Phi) is 7.92. The second kappa shape index (κ2) is 11.2. The summed E-state index contributed by atoms with van der Waals surface area (Å²) in [6, 6.07) is 8.14. The first-order valence-corrected chi connectivity index (χ1v) is 11.4. The molecule has 14 nitrogen and oxygen atoms in total. The van der Waals surface area contributed by atoms with Crippen LogP contribution in [0.1, 0.15) is 6.42 Å². The summed E-state index contributed by atoms with van der Waals surface area (Å²) in [6.07, 6.45) is -9.88. The number of aliphatic hydroxyl groups excluding tert-OH is 3. The highest BCUT2D eigenvalue weighted by Crippen LogP contribution is 2.37. The summed E-state index contributed by atoms with van der Waals surface area (Å²) in [7, 11) is 1.45. The maximum atomic E-state index is 13.5. The van der Waals surface area contributed by atoms with Gasteiger partial charge in [0.1, 0.15) is 65.7 Å². The average Bonchev–Trinajstić information content (AvgIpc) is 2.88. The van der Waals surface area contributed by atoms with Gasteiger partial charge in [-0.15, -0.1) is 0 Å². The van der Waals surface area contributed by atoms with Crippen molar-refractivity contribution in [3.63, 3.8) is 0 Å². The van der Waals surface area contributed by atoms with Crippen molar-refractivity contribution in [2.75, 3.05) is 13.7 Å². The third-order valence-electron chi connectivity index (χ3n) is 5.88. The second-order valence-electron chi connectivity index (χ2n) is 8.54. The molecule has 1 saturated heterocycles. The fourth-order valence-corrected chi connectivity index (χ4v) is 3.93. The predicted octanol–water partition coefficient (Wildman–Crippen LogP) is 0.0841. The molecule has 1 aliphatic heterocycles. The lowest BCUT2D eigenvalue weighted by atomic mass is 9.99. The fraction of sp³-hybridized carbons (Fsp3) is 0.320. The van der Waals surface area contributed by atoms with E-state index in [0.717, 1.165) is 12.1 Å². The number of aliphatic carboxylic acids is 1. The number of phenols is 2. The average molecular weight is 548 g/mol. The Balaban J connectivity index is 1.74. The first-order valence-electron chi connectivity index (χ1n) is 11.4. The highest BCUT2D eigenvalue weighted by molar-refractivity contribution is 5.90. The van der Waals surface area contributed by atoms with E-state index in [0.29, 0.717) is 5.75 Å². The van der Waals surface area contributed by atoms with Crippen molar-refractivity contribution >= 4 is 22.9 Å². The number of esters is 1. The van der Waals surface area contributed by atoms with Crippen LogP contribution in [0.5, 0.6) is 23.0 Å². The summed E-state index contributed by atoms with van der Waals surface area (Å²) in [6.45, 7) is -0.714. The molecule has 0 spiro atoms. The molecule has 1 aliphatic rings. The minimum atomic E-state index is -1.92. The van der Waals surface area contributed by atoms with Gasteiger partial charge >= 0.3 is 11.9 Å². The maximum absolute atomic E-state index is 13.5. The van der Waals surface area contributed by atoms with Crippen LogP contribution in [0.3, 0.4) is 0 Å². The van der Waals surface area contributed by atoms with Gasteiger partial charge in [-0.2, -0.15) is 0 Å². The monoisotopic (exact) mass is 548 g/mol. The van der Waals surface area contributed by atoms with Gasteiger partial charge in [-0.05, 0) is 24.3 Å². The lowest BCUT2D eigenvalue weighted by molar-refractivity contribution is -0.278. The molecular weight excluding hydrogens is 524 g/mol. The van der Waals surface area contributed by atoms with E-state index in [1.54, 1.807) is 12.1 Å².